The summed E-state index contributed by atoms with van der Waals surface area (Å²) in [7, 11) is 0. The molecule has 0 amide bonds. The van der Waals surface area contributed by atoms with Gasteiger partial charge in [0.25, 0.3) is 5.92 Å². The Bertz CT molecular complexity index is 320. The second-order valence-electron chi connectivity index (χ2n) is 7.53. The highest BCUT2D eigenvalue weighted by molar-refractivity contribution is 5.03. The lowest BCUT2D eigenvalue weighted by Gasteiger charge is -2.42. The fourth-order valence-corrected chi connectivity index (χ4v) is 3.71. The Balaban J connectivity index is 2.07. The molecule has 0 radical (unpaired) electrons. The van der Waals surface area contributed by atoms with Crippen molar-refractivity contribution >= 4 is 0 Å². The monoisotopic (exact) mass is 260 g/mol. The van der Waals surface area contributed by atoms with Gasteiger partial charge in [-0.1, -0.05) is 0 Å². The van der Waals surface area contributed by atoms with Crippen LogP contribution in [0.2, 0.25) is 0 Å². The van der Waals surface area contributed by atoms with Crippen LogP contribution in [0.15, 0.2) is 0 Å². The van der Waals surface area contributed by atoms with Gasteiger partial charge in [0.1, 0.15) is 0 Å². The molecular weight excluding hydrogens is 234 g/mol. The summed E-state index contributed by atoms with van der Waals surface area (Å²) < 4.78 is 26.6. The lowest BCUT2D eigenvalue weighted by molar-refractivity contribution is 0.00753. The highest BCUT2D eigenvalue weighted by Crippen LogP contribution is 2.39. The molecule has 1 atom stereocenters. The zero-order chi connectivity index (χ0) is 13.8. The lowest BCUT2D eigenvalue weighted by Crippen LogP contribution is -2.50. The van der Waals surface area contributed by atoms with E-state index in [-0.39, 0.29) is 30.1 Å². The Labute approximate surface area is 109 Å². The molecule has 0 aliphatic carbocycles. The van der Waals surface area contributed by atoms with E-state index < -0.39 is 5.92 Å². The van der Waals surface area contributed by atoms with Gasteiger partial charge in [0.15, 0.2) is 0 Å². The molecule has 106 valence electrons. The van der Waals surface area contributed by atoms with Crippen molar-refractivity contribution in [2.24, 2.45) is 0 Å². The zero-order valence-corrected chi connectivity index (χ0v) is 12.3. The van der Waals surface area contributed by atoms with Crippen molar-refractivity contribution in [1.82, 2.24) is 9.80 Å². The van der Waals surface area contributed by atoms with E-state index in [4.69, 9.17) is 0 Å². The van der Waals surface area contributed by atoms with E-state index in [0.717, 1.165) is 13.0 Å². The zero-order valence-electron chi connectivity index (χ0n) is 12.3. The molecule has 0 aromatic rings. The third-order valence-corrected chi connectivity index (χ3v) is 4.38. The molecule has 0 N–H and O–H groups in total. The SMILES string of the molecule is CC(C)(C)N1C[C@H](N2CCC(F)(F)C2)CC1(C)C. The first-order valence-electron chi connectivity index (χ1n) is 6.91. The van der Waals surface area contributed by atoms with E-state index in [1.807, 2.05) is 4.90 Å². The average Bonchev–Trinajstić information content (AvgIpc) is 2.64. The molecule has 2 aliphatic heterocycles. The largest absolute Gasteiger partial charge is 0.293 e. The number of alkyl halides is 2. The third-order valence-electron chi connectivity index (χ3n) is 4.38. The Morgan fingerprint density at radius 1 is 1.17 bits per heavy atom. The van der Waals surface area contributed by atoms with Crippen molar-refractivity contribution in [3.8, 4) is 0 Å². The van der Waals surface area contributed by atoms with Crippen molar-refractivity contribution in [1.29, 1.82) is 0 Å². The molecule has 0 aromatic heterocycles. The molecule has 0 unspecified atom stereocenters. The van der Waals surface area contributed by atoms with E-state index in [1.54, 1.807) is 0 Å². The maximum absolute atomic E-state index is 13.3. The smallest absolute Gasteiger partial charge is 0.261 e. The number of hydrogen-bond acceptors (Lipinski definition) is 2. The first kappa shape index (κ1) is 14.2. The van der Waals surface area contributed by atoms with Crippen molar-refractivity contribution in [2.45, 2.75) is 70.5 Å². The molecule has 0 aromatic carbocycles. The summed E-state index contributed by atoms with van der Waals surface area (Å²) in [6.45, 7) is 12.5. The molecule has 2 fully saturated rings. The summed E-state index contributed by atoms with van der Waals surface area (Å²) in [5, 5.41) is 0. The van der Waals surface area contributed by atoms with E-state index in [1.165, 1.54) is 0 Å². The maximum atomic E-state index is 13.3. The van der Waals surface area contributed by atoms with Crippen LogP contribution >= 0.6 is 0 Å². The molecule has 18 heavy (non-hydrogen) atoms. The minimum absolute atomic E-state index is 0.0272. The number of likely N-dealkylation sites (tertiary alicyclic amines) is 2. The summed E-state index contributed by atoms with van der Waals surface area (Å²) >= 11 is 0. The van der Waals surface area contributed by atoms with E-state index in [0.29, 0.717) is 6.54 Å². The Kier molecular flexibility index (Phi) is 3.26. The van der Waals surface area contributed by atoms with Crippen LogP contribution in [0.5, 0.6) is 0 Å². The van der Waals surface area contributed by atoms with Crippen molar-refractivity contribution in [2.75, 3.05) is 19.6 Å². The second kappa shape index (κ2) is 4.14. The van der Waals surface area contributed by atoms with Gasteiger partial charge in [-0.05, 0) is 41.0 Å². The molecule has 0 bridgehead atoms. The fourth-order valence-electron chi connectivity index (χ4n) is 3.71. The Morgan fingerprint density at radius 2 is 1.78 bits per heavy atom. The van der Waals surface area contributed by atoms with Crippen LogP contribution in [-0.4, -0.2) is 52.5 Å². The standard InChI is InChI=1S/C14H26F2N2/c1-12(2,3)18-9-11(8-13(18,4)5)17-7-6-14(15,16)10-17/h11H,6-10H2,1-5H3/t11-/m1/s1. The topological polar surface area (TPSA) is 6.48 Å². The molecule has 2 saturated heterocycles. The molecule has 2 aliphatic rings. The Hall–Kier alpha value is -0.220. The summed E-state index contributed by atoms with van der Waals surface area (Å²) in [5.41, 5.74) is 0.196. The highest BCUT2D eigenvalue weighted by atomic mass is 19.3. The number of rotatable bonds is 1. The molecule has 0 spiro atoms. The molecule has 2 nitrogen and oxygen atoms in total. The summed E-state index contributed by atoms with van der Waals surface area (Å²) in [5.74, 6) is -2.47. The molecule has 4 heteroatoms. The predicted molar refractivity (Wildman–Crippen MR) is 70.1 cm³/mol. The van der Waals surface area contributed by atoms with E-state index in [9.17, 15) is 8.78 Å². The molecule has 0 saturated carbocycles. The first-order chi connectivity index (χ1) is 8.01. The van der Waals surface area contributed by atoms with Gasteiger partial charge in [0, 0.05) is 36.6 Å². The third kappa shape index (κ3) is 2.69. The van der Waals surface area contributed by atoms with Crippen molar-refractivity contribution in [3.05, 3.63) is 0 Å². The van der Waals surface area contributed by atoms with Gasteiger partial charge in [0.05, 0.1) is 6.54 Å². The normalized spacial score (nSPS) is 33.2. The minimum atomic E-state index is -2.47. The van der Waals surface area contributed by atoms with Gasteiger partial charge in [-0.25, -0.2) is 8.78 Å². The average molecular weight is 260 g/mol. The van der Waals surface area contributed by atoms with Gasteiger partial charge in [-0.3, -0.25) is 9.80 Å². The summed E-state index contributed by atoms with van der Waals surface area (Å²) in [6.07, 6.45) is 1.01. The Morgan fingerprint density at radius 3 is 2.17 bits per heavy atom. The molecular formula is C14H26F2N2. The van der Waals surface area contributed by atoms with Crippen LogP contribution < -0.4 is 0 Å². The lowest BCUT2D eigenvalue weighted by atomic mass is 9.95. The maximum Gasteiger partial charge on any atom is 0.261 e. The highest BCUT2D eigenvalue weighted by Gasteiger charge is 2.49. The first-order valence-corrected chi connectivity index (χ1v) is 6.91. The quantitative estimate of drug-likeness (QED) is 0.715. The summed E-state index contributed by atoms with van der Waals surface area (Å²) in [4.78, 5) is 4.45. The second-order valence-corrected chi connectivity index (χ2v) is 7.53. The van der Waals surface area contributed by atoms with Crippen LogP contribution in [0.4, 0.5) is 8.78 Å². The fraction of sp³-hybridized carbons (Fsp3) is 1.00. The van der Waals surface area contributed by atoms with Gasteiger partial charge in [-0.2, -0.15) is 0 Å². The minimum Gasteiger partial charge on any atom is -0.293 e. The van der Waals surface area contributed by atoms with Crippen LogP contribution in [-0.2, 0) is 0 Å². The number of halogens is 2. The van der Waals surface area contributed by atoms with Crippen LogP contribution in [0.1, 0.15) is 47.5 Å². The van der Waals surface area contributed by atoms with Gasteiger partial charge in [0.2, 0.25) is 0 Å². The van der Waals surface area contributed by atoms with Crippen molar-refractivity contribution in [3.63, 3.8) is 0 Å². The van der Waals surface area contributed by atoms with Gasteiger partial charge < -0.3 is 0 Å². The molecule has 2 rings (SSSR count). The summed E-state index contributed by atoms with van der Waals surface area (Å²) in [6, 6.07) is 0.285. The number of hydrogen-bond donors (Lipinski definition) is 0. The predicted octanol–water partition coefficient (Wildman–Crippen LogP) is 2.98. The molecule has 2 heterocycles. The van der Waals surface area contributed by atoms with Crippen LogP contribution in [0, 0.1) is 0 Å². The van der Waals surface area contributed by atoms with E-state index in [2.05, 4.69) is 39.5 Å². The van der Waals surface area contributed by atoms with Crippen LogP contribution in [0.25, 0.3) is 0 Å². The van der Waals surface area contributed by atoms with Crippen LogP contribution in [0.3, 0.4) is 0 Å². The van der Waals surface area contributed by atoms with Gasteiger partial charge in [-0.15, -0.1) is 0 Å². The van der Waals surface area contributed by atoms with Gasteiger partial charge >= 0.3 is 0 Å². The van der Waals surface area contributed by atoms with Crippen molar-refractivity contribution < 1.29 is 8.78 Å². The number of nitrogens with zero attached hydrogens (tertiary/aromatic N) is 2. The van der Waals surface area contributed by atoms with E-state index >= 15 is 0 Å².